The molecule has 162 valence electrons. The maximum atomic E-state index is 12.8. The lowest BCUT2D eigenvalue weighted by atomic mass is 10.0. The molecular weight excluding hydrogens is 408 g/mol. The van der Waals surface area contributed by atoms with E-state index in [9.17, 15) is 29.8 Å². The molecule has 11 nitrogen and oxygen atoms in total. The molecule has 0 radical (unpaired) electrons. The molecule has 1 aliphatic heterocycles. The highest BCUT2D eigenvalue weighted by atomic mass is 16.7. The first-order valence-corrected chi connectivity index (χ1v) is 9.40. The number of hydrogen-bond acceptors (Lipinski definition) is 8. The third-order valence-electron chi connectivity index (χ3n) is 4.96. The van der Waals surface area contributed by atoms with Gasteiger partial charge in [0.05, 0.1) is 15.9 Å². The molecule has 31 heavy (non-hydrogen) atoms. The van der Waals surface area contributed by atoms with Crippen molar-refractivity contribution in [3.8, 4) is 0 Å². The molecule has 3 rings (SSSR count). The number of nitrogens with one attached hydrogen (secondary N) is 1. The van der Waals surface area contributed by atoms with Crippen LogP contribution in [-0.2, 0) is 27.3 Å². The van der Waals surface area contributed by atoms with E-state index in [1.54, 1.807) is 25.1 Å². The minimum Gasteiger partial charge on any atom is -0.337 e. The van der Waals surface area contributed by atoms with Gasteiger partial charge in [-0.05, 0) is 30.0 Å². The van der Waals surface area contributed by atoms with E-state index >= 15 is 0 Å². The topological polar surface area (TPSA) is 145 Å². The molecule has 2 aromatic carbocycles. The number of non-ortho nitro benzene ring substituents is 2. The lowest BCUT2D eigenvalue weighted by molar-refractivity contribution is -0.385. The zero-order valence-electron chi connectivity index (χ0n) is 16.8. The summed E-state index contributed by atoms with van der Waals surface area (Å²) in [5.74, 6) is -1.10. The SMILES string of the molecule is CC(=O)ON1C(=O)[C@H](Cc2ccc([N+](=O)[O-])cc2)N[C@H]1Cc1ccc([N+](=O)[O-])cc1C. The Morgan fingerprint density at radius 2 is 1.68 bits per heavy atom. The average molecular weight is 428 g/mol. The number of benzene rings is 2. The molecule has 0 aliphatic carbocycles. The van der Waals surface area contributed by atoms with Gasteiger partial charge in [0.25, 0.3) is 17.3 Å². The fourth-order valence-electron chi connectivity index (χ4n) is 3.43. The summed E-state index contributed by atoms with van der Waals surface area (Å²) in [6.07, 6.45) is -0.163. The maximum Gasteiger partial charge on any atom is 0.329 e. The predicted molar refractivity (Wildman–Crippen MR) is 108 cm³/mol. The van der Waals surface area contributed by atoms with Crippen molar-refractivity contribution < 1.29 is 24.3 Å². The van der Waals surface area contributed by atoms with Crippen LogP contribution in [0.25, 0.3) is 0 Å². The molecule has 0 bridgehead atoms. The Morgan fingerprint density at radius 3 is 2.23 bits per heavy atom. The van der Waals surface area contributed by atoms with Crippen LogP contribution in [-0.4, -0.2) is 39.0 Å². The number of carbonyl (C=O) groups is 2. The van der Waals surface area contributed by atoms with Gasteiger partial charge in [-0.1, -0.05) is 18.2 Å². The van der Waals surface area contributed by atoms with Gasteiger partial charge in [0.15, 0.2) is 0 Å². The van der Waals surface area contributed by atoms with Gasteiger partial charge < -0.3 is 4.84 Å². The highest BCUT2D eigenvalue weighted by molar-refractivity contribution is 5.85. The van der Waals surface area contributed by atoms with E-state index in [0.29, 0.717) is 11.1 Å². The molecule has 1 aliphatic rings. The lowest BCUT2D eigenvalue weighted by Gasteiger charge is -2.22. The van der Waals surface area contributed by atoms with Crippen LogP contribution in [0.15, 0.2) is 42.5 Å². The van der Waals surface area contributed by atoms with Crippen molar-refractivity contribution in [3.05, 3.63) is 79.4 Å². The van der Waals surface area contributed by atoms with Crippen molar-refractivity contribution in [3.63, 3.8) is 0 Å². The predicted octanol–water partition coefficient (Wildman–Crippen LogP) is 2.20. The van der Waals surface area contributed by atoms with Gasteiger partial charge in [-0.3, -0.25) is 35.1 Å². The van der Waals surface area contributed by atoms with E-state index in [4.69, 9.17) is 4.84 Å². The summed E-state index contributed by atoms with van der Waals surface area (Å²) in [6, 6.07) is 9.57. The van der Waals surface area contributed by atoms with Crippen molar-refractivity contribution in [1.82, 2.24) is 10.4 Å². The quantitative estimate of drug-likeness (QED) is 0.522. The second-order valence-electron chi connectivity index (χ2n) is 7.18. The van der Waals surface area contributed by atoms with E-state index in [0.717, 1.165) is 10.6 Å². The third-order valence-corrected chi connectivity index (χ3v) is 4.96. The van der Waals surface area contributed by atoms with Gasteiger partial charge in [0.1, 0.15) is 6.17 Å². The van der Waals surface area contributed by atoms with E-state index in [1.165, 1.54) is 31.2 Å². The summed E-state index contributed by atoms with van der Waals surface area (Å²) in [7, 11) is 0. The van der Waals surface area contributed by atoms with E-state index in [2.05, 4.69) is 5.32 Å². The Kier molecular flexibility index (Phi) is 6.25. The smallest absolute Gasteiger partial charge is 0.329 e. The number of aryl methyl sites for hydroxylation is 1. The average Bonchev–Trinajstić information content (AvgIpc) is 2.98. The number of amides is 1. The van der Waals surface area contributed by atoms with Crippen LogP contribution in [0.3, 0.4) is 0 Å². The number of hydroxylamine groups is 2. The highest BCUT2D eigenvalue weighted by Crippen LogP contribution is 2.23. The first kappa shape index (κ1) is 21.8. The monoisotopic (exact) mass is 428 g/mol. The van der Waals surface area contributed by atoms with Crippen LogP contribution >= 0.6 is 0 Å². The fraction of sp³-hybridized carbons (Fsp3) is 0.300. The molecule has 1 saturated heterocycles. The maximum absolute atomic E-state index is 12.8. The standard InChI is InChI=1S/C20H20N4O7/c1-12-9-17(24(29)30)8-5-15(12)11-19-21-18(20(26)22(19)31-13(2)25)10-14-3-6-16(7-4-14)23(27)28/h3-9,18-19,21H,10-11H2,1-2H3/t18-,19+/m0/s1. The lowest BCUT2D eigenvalue weighted by Crippen LogP contribution is -2.40. The first-order chi connectivity index (χ1) is 14.7. The van der Waals surface area contributed by atoms with E-state index in [-0.39, 0.29) is 24.2 Å². The van der Waals surface area contributed by atoms with Crippen LogP contribution in [0.4, 0.5) is 11.4 Å². The van der Waals surface area contributed by atoms with Crippen molar-refractivity contribution >= 4 is 23.3 Å². The molecule has 1 heterocycles. The molecule has 0 saturated carbocycles. The second kappa shape index (κ2) is 8.88. The van der Waals surface area contributed by atoms with Crippen molar-refractivity contribution in [2.24, 2.45) is 0 Å². The molecule has 11 heteroatoms. The Labute approximate surface area is 176 Å². The molecule has 0 spiro atoms. The summed E-state index contributed by atoms with van der Waals surface area (Å²) in [4.78, 5) is 50.2. The zero-order valence-corrected chi connectivity index (χ0v) is 16.8. The molecule has 0 aromatic heterocycles. The van der Waals surface area contributed by atoms with Crippen LogP contribution in [0.5, 0.6) is 0 Å². The number of nitrogens with zero attached hydrogens (tertiary/aromatic N) is 3. The minimum atomic E-state index is -0.704. The van der Waals surface area contributed by atoms with Crippen molar-refractivity contribution in [2.75, 3.05) is 0 Å². The number of carbonyl (C=O) groups excluding carboxylic acids is 2. The van der Waals surface area contributed by atoms with Crippen LogP contribution in [0.1, 0.15) is 23.6 Å². The Bertz CT molecular complexity index is 1040. The molecule has 1 fully saturated rings. The summed E-state index contributed by atoms with van der Waals surface area (Å²) in [5, 5.41) is 25.9. The Balaban J connectivity index is 1.79. The zero-order chi connectivity index (χ0) is 22.7. The molecule has 1 N–H and O–H groups in total. The van der Waals surface area contributed by atoms with Crippen molar-refractivity contribution in [1.29, 1.82) is 0 Å². The number of nitro benzene ring substituents is 2. The largest absolute Gasteiger partial charge is 0.337 e. The van der Waals surface area contributed by atoms with Crippen LogP contribution < -0.4 is 5.32 Å². The summed E-state index contributed by atoms with van der Waals surface area (Å²) >= 11 is 0. The van der Waals surface area contributed by atoms with Crippen molar-refractivity contribution in [2.45, 2.75) is 38.9 Å². The summed E-state index contributed by atoms with van der Waals surface area (Å²) < 4.78 is 0. The summed E-state index contributed by atoms with van der Waals surface area (Å²) in [5.41, 5.74) is 2.03. The molecule has 1 amide bonds. The van der Waals surface area contributed by atoms with E-state index in [1.807, 2.05) is 0 Å². The minimum absolute atomic E-state index is 0.0374. The first-order valence-electron chi connectivity index (χ1n) is 9.40. The normalized spacial score (nSPS) is 18.1. The van der Waals surface area contributed by atoms with Crippen LogP contribution in [0.2, 0.25) is 0 Å². The Morgan fingerprint density at radius 1 is 1.06 bits per heavy atom. The summed E-state index contributed by atoms with van der Waals surface area (Å²) in [6.45, 7) is 2.91. The molecule has 0 unspecified atom stereocenters. The number of nitro groups is 2. The number of rotatable bonds is 7. The third kappa shape index (κ3) is 5.01. The van der Waals surface area contributed by atoms with E-state index < -0.39 is 33.9 Å². The molecule has 2 atom stereocenters. The molecular formula is C20H20N4O7. The van der Waals surface area contributed by atoms with Gasteiger partial charge in [0.2, 0.25) is 0 Å². The van der Waals surface area contributed by atoms with Gasteiger partial charge >= 0.3 is 5.97 Å². The van der Waals surface area contributed by atoms with Gasteiger partial charge in [0, 0.05) is 37.6 Å². The Hall–Kier alpha value is -3.86. The van der Waals surface area contributed by atoms with Gasteiger partial charge in [-0.25, -0.2) is 0 Å². The van der Waals surface area contributed by atoms with Gasteiger partial charge in [-0.2, -0.15) is 5.06 Å². The number of hydrogen-bond donors (Lipinski definition) is 1. The highest BCUT2D eigenvalue weighted by Gasteiger charge is 2.41. The van der Waals surface area contributed by atoms with Crippen LogP contribution in [0, 0.1) is 27.2 Å². The fourth-order valence-corrected chi connectivity index (χ4v) is 3.43. The second-order valence-corrected chi connectivity index (χ2v) is 7.18. The van der Waals surface area contributed by atoms with Gasteiger partial charge in [-0.15, -0.1) is 0 Å². The molecule has 2 aromatic rings.